The Hall–Kier alpha value is -2.78. The third kappa shape index (κ3) is 4.02. The van der Waals surface area contributed by atoms with Crippen LogP contribution >= 0.6 is 0 Å². The molecular formula is C27H35NO8. The van der Waals surface area contributed by atoms with Crippen molar-refractivity contribution in [2.75, 3.05) is 34.1 Å². The summed E-state index contributed by atoms with van der Waals surface area (Å²) in [6.45, 7) is 5.72. The number of carbonyl (C=O) groups excluding carboxylic acids is 2. The predicted octanol–water partition coefficient (Wildman–Crippen LogP) is 2.69. The van der Waals surface area contributed by atoms with Crippen LogP contribution in [-0.2, 0) is 30.2 Å². The van der Waals surface area contributed by atoms with Crippen molar-refractivity contribution in [3.8, 4) is 11.5 Å². The van der Waals surface area contributed by atoms with Crippen molar-refractivity contribution < 1.29 is 38.4 Å². The van der Waals surface area contributed by atoms with Crippen LogP contribution in [0.25, 0.3) is 0 Å². The predicted molar refractivity (Wildman–Crippen MR) is 129 cm³/mol. The van der Waals surface area contributed by atoms with E-state index in [4.69, 9.17) is 23.7 Å². The number of ether oxygens (including phenoxy) is 5. The van der Waals surface area contributed by atoms with Gasteiger partial charge < -0.3 is 28.8 Å². The maximum Gasteiger partial charge on any atom is 0.339 e. The fourth-order valence-corrected chi connectivity index (χ4v) is 6.53. The van der Waals surface area contributed by atoms with Gasteiger partial charge in [-0.3, -0.25) is 9.69 Å². The van der Waals surface area contributed by atoms with Gasteiger partial charge in [-0.15, -0.1) is 0 Å². The number of benzene rings is 1. The van der Waals surface area contributed by atoms with Crippen molar-refractivity contribution in [3.63, 3.8) is 0 Å². The van der Waals surface area contributed by atoms with Crippen LogP contribution < -0.4 is 9.47 Å². The largest absolute Gasteiger partial charge is 0.497 e. The van der Waals surface area contributed by atoms with Crippen LogP contribution in [0.5, 0.6) is 11.5 Å². The molecule has 0 radical (unpaired) electrons. The first kappa shape index (κ1) is 24.9. The maximum absolute atomic E-state index is 13.6. The Kier molecular flexibility index (Phi) is 6.41. The lowest BCUT2D eigenvalue weighted by Gasteiger charge is -2.39. The Morgan fingerprint density at radius 1 is 1.22 bits per heavy atom. The third-order valence-electron chi connectivity index (χ3n) is 7.99. The average molecular weight is 502 g/mol. The van der Waals surface area contributed by atoms with Gasteiger partial charge in [0.25, 0.3) is 0 Å². The van der Waals surface area contributed by atoms with Gasteiger partial charge in [-0.2, -0.15) is 0 Å². The van der Waals surface area contributed by atoms with Crippen LogP contribution in [0.3, 0.4) is 0 Å². The van der Waals surface area contributed by atoms with E-state index in [1.54, 1.807) is 7.11 Å². The Balaban J connectivity index is 1.56. The van der Waals surface area contributed by atoms with Gasteiger partial charge in [0.2, 0.25) is 6.79 Å². The summed E-state index contributed by atoms with van der Waals surface area (Å²) in [5, 5.41) is 11.3. The number of hydrogen-bond acceptors (Lipinski definition) is 9. The minimum absolute atomic E-state index is 0.0526. The molecule has 0 amide bonds. The Labute approximate surface area is 211 Å². The van der Waals surface area contributed by atoms with E-state index in [9.17, 15) is 14.7 Å². The molecule has 0 bridgehead atoms. The summed E-state index contributed by atoms with van der Waals surface area (Å²) in [5.74, 6) is 0.123. The van der Waals surface area contributed by atoms with Crippen LogP contribution in [-0.4, -0.2) is 73.3 Å². The number of hydrogen-bond donors (Lipinski definition) is 1. The lowest BCUT2D eigenvalue weighted by molar-refractivity contribution is -0.179. The number of fused-ring (bicyclic) bond motifs is 3. The molecule has 1 aromatic carbocycles. The molecule has 9 heteroatoms. The normalized spacial score (nSPS) is 27.9. The molecule has 1 fully saturated rings. The molecule has 4 aliphatic rings. The van der Waals surface area contributed by atoms with Crippen molar-refractivity contribution in [1.82, 2.24) is 4.90 Å². The maximum atomic E-state index is 13.6. The minimum atomic E-state index is -2.01. The van der Waals surface area contributed by atoms with Gasteiger partial charge in [0.05, 0.1) is 32.1 Å². The molecule has 1 saturated heterocycles. The molecule has 5 rings (SSSR count). The topological polar surface area (TPSA) is 104 Å². The van der Waals surface area contributed by atoms with E-state index < -0.39 is 30.1 Å². The smallest absolute Gasteiger partial charge is 0.339 e. The molecule has 4 atom stereocenters. The molecule has 1 unspecified atom stereocenters. The summed E-state index contributed by atoms with van der Waals surface area (Å²) in [6, 6.07) is 4.04. The monoisotopic (exact) mass is 501 g/mol. The number of esters is 2. The summed E-state index contributed by atoms with van der Waals surface area (Å²) < 4.78 is 28.0. The molecule has 0 aromatic heterocycles. The lowest BCUT2D eigenvalue weighted by Crippen LogP contribution is -2.49. The lowest BCUT2D eigenvalue weighted by atomic mass is 9.77. The van der Waals surface area contributed by atoms with Crippen LogP contribution in [0.4, 0.5) is 0 Å². The molecule has 0 saturated carbocycles. The van der Waals surface area contributed by atoms with Crippen LogP contribution in [0, 0.1) is 5.92 Å². The van der Waals surface area contributed by atoms with Gasteiger partial charge in [-0.1, -0.05) is 13.8 Å². The molecule has 1 aromatic rings. The zero-order valence-electron chi connectivity index (χ0n) is 21.4. The average Bonchev–Trinajstić information content (AvgIpc) is 3.52. The van der Waals surface area contributed by atoms with Crippen LogP contribution in [0.2, 0.25) is 0 Å². The standard InChI is InChI=1S/C27H35NO8/c1-16(2)12-27(31,14-22(29)33-4)25(30)36-24-21(32-3)13-26-7-5-8-28(26)9-6-17-10-19-20(35-15-34-19)11-18(17)23(24)26/h10-11,13,16,23-24,31H,5-9,12,14-15H2,1-4H3/t23-,24?,26+,27-/m1/s1. The quantitative estimate of drug-likeness (QED) is 0.565. The highest BCUT2D eigenvalue weighted by Crippen LogP contribution is 2.55. The molecule has 1 N–H and O–H groups in total. The summed E-state index contributed by atoms with van der Waals surface area (Å²) in [7, 11) is 2.81. The highest BCUT2D eigenvalue weighted by molar-refractivity contribution is 5.86. The minimum Gasteiger partial charge on any atom is -0.497 e. The van der Waals surface area contributed by atoms with Crippen molar-refractivity contribution in [1.29, 1.82) is 0 Å². The van der Waals surface area contributed by atoms with Gasteiger partial charge in [-0.25, -0.2) is 4.79 Å². The molecule has 196 valence electrons. The second-order valence-corrected chi connectivity index (χ2v) is 10.7. The van der Waals surface area contributed by atoms with E-state index in [1.165, 1.54) is 7.11 Å². The second kappa shape index (κ2) is 9.27. The number of rotatable bonds is 7. The van der Waals surface area contributed by atoms with Crippen LogP contribution in [0.15, 0.2) is 24.0 Å². The first-order valence-corrected chi connectivity index (χ1v) is 12.7. The first-order valence-electron chi connectivity index (χ1n) is 12.7. The zero-order valence-corrected chi connectivity index (χ0v) is 21.4. The second-order valence-electron chi connectivity index (χ2n) is 10.7. The number of aliphatic hydroxyl groups is 1. The molecule has 3 aliphatic heterocycles. The fraction of sp³-hybridized carbons (Fsp3) is 0.630. The van der Waals surface area contributed by atoms with E-state index in [-0.39, 0.29) is 30.6 Å². The zero-order chi connectivity index (χ0) is 25.7. The number of methoxy groups -OCH3 is 2. The highest BCUT2D eigenvalue weighted by atomic mass is 16.7. The van der Waals surface area contributed by atoms with Gasteiger partial charge in [-0.05, 0) is 67.5 Å². The van der Waals surface area contributed by atoms with Gasteiger partial charge in [0, 0.05) is 6.54 Å². The van der Waals surface area contributed by atoms with Crippen molar-refractivity contribution in [2.24, 2.45) is 5.92 Å². The van der Waals surface area contributed by atoms with Gasteiger partial charge in [0.1, 0.15) is 5.76 Å². The van der Waals surface area contributed by atoms with E-state index in [0.29, 0.717) is 11.5 Å². The van der Waals surface area contributed by atoms with Gasteiger partial charge in [0.15, 0.2) is 23.2 Å². The van der Waals surface area contributed by atoms with Crippen molar-refractivity contribution in [3.05, 3.63) is 35.1 Å². The Bertz CT molecular complexity index is 1080. The van der Waals surface area contributed by atoms with E-state index >= 15 is 0 Å². The van der Waals surface area contributed by atoms with Crippen LogP contribution in [0.1, 0.15) is 56.6 Å². The molecule has 9 nitrogen and oxygen atoms in total. The van der Waals surface area contributed by atoms with E-state index in [2.05, 4.69) is 11.0 Å². The number of carbonyl (C=O) groups is 2. The summed E-state index contributed by atoms with van der Waals surface area (Å²) >= 11 is 0. The van der Waals surface area contributed by atoms with Crippen molar-refractivity contribution in [2.45, 2.75) is 69.1 Å². The fourth-order valence-electron chi connectivity index (χ4n) is 6.53. The van der Waals surface area contributed by atoms with Crippen molar-refractivity contribution >= 4 is 11.9 Å². The SMILES string of the molecule is COC(=O)C[C@](O)(CC(C)C)C(=O)OC1C(OC)=C[C@]23CCCN2CCc2cc4c(cc2[C@H]13)OCO4. The molecule has 36 heavy (non-hydrogen) atoms. The first-order chi connectivity index (χ1) is 17.2. The summed E-state index contributed by atoms with van der Waals surface area (Å²) in [5.41, 5.74) is -0.233. The Morgan fingerprint density at radius 2 is 1.97 bits per heavy atom. The molecular weight excluding hydrogens is 466 g/mol. The summed E-state index contributed by atoms with van der Waals surface area (Å²) in [6.07, 6.45) is 3.67. The van der Waals surface area contributed by atoms with Gasteiger partial charge >= 0.3 is 11.9 Å². The van der Waals surface area contributed by atoms with E-state index in [0.717, 1.165) is 49.2 Å². The highest BCUT2D eigenvalue weighted by Gasteiger charge is 2.59. The molecule has 1 aliphatic carbocycles. The molecule has 1 spiro atoms. The number of nitrogens with zero attached hydrogens (tertiary/aromatic N) is 1. The third-order valence-corrected chi connectivity index (χ3v) is 7.99. The Morgan fingerprint density at radius 3 is 2.67 bits per heavy atom. The summed E-state index contributed by atoms with van der Waals surface area (Å²) in [4.78, 5) is 28.2. The molecule has 3 heterocycles. The van der Waals surface area contributed by atoms with E-state index in [1.807, 2.05) is 26.0 Å².